The number of methoxy groups -OCH3 is 1. The molecule has 4 N–H and O–H groups in total. The quantitative estimate of drug-likeness (QED) is 0.668. The number of amides is 1. The van der Waals surface area contributed by atoms with Gasteiger partial charge < -0.3 is 15.4 Å². The molecule has 1 aromatic carbocycles. The molecule has 2 aromatic rings. The molecule has 3 rings (SSSR count). The van der Waals surface area contributed by atoms with Gasteiger partial charge in [-0.3, -0.25) is 4.79 Å². The Bertz CT molecular complexity index is 748. The molecule has 7 nitrogen and oxygen atoms in total. The smallest absolute Gasteiger partial charge is 0.221 e. The molecule has 0 radical (unpaired) electrons. The number of carbonyl (C=O) groups is 1. The van der Waals surface area contributed by atoms with E-state index >= 15 is 0 Å². The van der Waals surface area contributed by atoms with Crippen LogP contribution in [0.2, 0.25) is 0 Å². The lowest BCUT2D eigenvalue weighted by Crippen LogP contribution is -2.36. The molecule has 25 heavy (non-hydrogen) atoms. The predicted octanol–water partition coefficient (Wildman–Crippen LogP) is 2.33. The first kappa shape index (κ1) is 17.2. The van der Waals surface area contributed by atoms with E-state index in [9.17, 15) is 4.79 Å². The third-order valence-corrected chi connectivity index (χ3v) is 4.15. The van der Waals surface area contributed by atoms with Crippen molar-refractivity contribution in [3.8, 4) is 5.88 Å². The highest BCUT2D eigenvalue weighted by Gasteiger charge is 2.25. The molecule has 2 atom stereocenters. The molecule has 1 aliphatic rings. The summed E-state index contributed by atoms with van der Waals surface area (Å²) >= 11 is 0. The van der Waals surface area contributed by atoms with Crippen LogP contribution < -0.4 is 26.2 Å². The van der Waals surface area contributed by atoms with Crippen LogP contribution in [-0.4, -0.2) is 24.2 Å². The third-order valence-electron chi connectivity index (χ3n) is 4.15. The van der Waals surface area contributed by atoms with Gasteiger partial charge in [0.05, 0.1) is 19.3 Å². The summed E-state index contributed by atoms with van der Waals surface area (Å²) in [5.74, 6) is 0.539. The number of ether oxygens (including phenoxy) is 1. The molecule has 2 heterocycles. The van der Waals surface area contributed by atoms with Crippen LogP contribution >= 0.6 is 0 Å². The van der Waals surface area contributed by atoms with Crippen LogP contribution in [0.4, 0.5) is 11.4 Å². The Morgan fingerprint density at radius 2 is 2.12 bits per heavy atom. The Labute approximate surface area is 147 Å². The first-order chi connectivity index (χ1) is 12.0. The van der Waals surface area contributed by atoms with Crippen molar-refractivity contribution in [2.45, 2.75) is 32.5 Å². The molecular weight excluding hydrogens is 318 g/mol. The summed E-state index contributed by atoms with van der Waals surface area (Å²) in [5.41, 5.74) is 10.6. The number of pyridine rings is 1. The highest BCUT2D eigenvalue weighted by molar-refractivity contribution is 5.89. The second-order valence-electron chi connectivity index (χ2n) is 6.12. The number of aromatic nitrogens is 1. The van der Waals surface area contributed by atoms with Gasteiger partial charge in [0, 0.05) is 37.0 Å². The molecule has 1 aliphatic heterocycles. The number of hydrogen-bond donors (Lipinski definition) is 4. The fourth-order valence-corrected chi connectivity index (χ4v) is 2.88. The molecular formula is C18H23N5O2. The zero-order chi connectivity index (χ0) is 17.8. The van der Waals surface area contributed by atoms with E-state index in [-0.39, 0.29) is 18.1 Å². The number of rotatable bonds is 5. The summed E-state index contributed by atoms with van der Waals surface area (Å²) in [7, 11) is 1.61. The summed E-state index contributed by atoms with van der Waals surface area (Å²) in [4.78, 5) is 15.4. The van der Waals surface area contributed by atoms with Crippen molar-refractivity contribution in [1.82, 2.24) is 15.8 Å². The van der Waals surface area contributed by atoms with Crippen molar-refractivity contribution in [1.29, 1.82) is 0 Å². The number of hydrogen-bond acceptors (Lipinski definition) is 6. The van der Waals surface area contributed by atoms with Gasteiger partial charge in [-0.05, 0) is 36.2 Å². The van der Waals surface area contributed by atoms with Crippen molar-refractivity contribution in [2.75, 3.05) is 17.7 Å². The van der Waals surface area contributed by atoms with E-state index in [2.05, 4.69) is 26.5 Å². The standard InChI is InChI=1S/C18H23N5O2/c1-11-8-14(20-12(2)24)5-6-15(11)21-17-9-16(22-23-17)13-4-7-18(25-3)19-10-13/h4-8,10,16-17,21-23H,9H2,1-3H3,(H,20,24). The maximum Gasteiger partial charge on any atom is 0.221 e. The van der Waals surface area contributed by atoms with Crippen LogP contribution in [0.1, 0.15) is 30.5 Å². The molecule has 1 fully saturated rings. The zero-order valence-corrected chi connectivity index (χ0v) is 14.6. The topological polar surface area (TPSA) is 87.3 Å². The van der Waals surface area contributed by atoms with Crippen molar-refractivity contribution >= 4 is 17.3 Å². The van der Waals surface area contributed by atoms with E-state index in [0.717, 1.165) is 28.9 Å². The number of nitrogens with one attached hydrogen (secondary N) is 4. The lowest BCUT2D eigenvalue weighted by molar-refractivity contribution is -0.114. The fourth-order valence-electron chi connectivity index (χ4n) is 2.88. The predicted molar refractivity (Wildman–Crippen MR) is 97.3 cm³/mol. The molecule has 1 aromatic heterocycles. The molecule has 0 aliphatic carbocycles. The second kappa shape index (κ2) is 7.50. The Hall–Kier alpha value is -2.64. The van der Waals surface area contributed by atoms with E-state index in [4.69, 9.17) is 4.74 Å². The number of aryl methyl sites for hydroxylation is 1. The van der Waals surface area contributed by atoms with Crippen molar-refractivity contribution in [3.63, 3.8) is 0 Å². The molecule has 1 saturated heterocycles. The summed E-state index contributed by atoms with van der Waals surface area (Å²) in [5, 5.41) is 6.27. The van der Waals surface area contributed by atoms with Crippen molar-refractivity contribution in [2.24, 2.45) is 0 Å². The van der Waals surface area contributed by atoms with Gasteiger partial charge in [0.25, 0.3) is 0 Å². The molecule has 2 unspecified atom stereocenters. The van der Waals surface area contributed by atoms with Gasteiger partial charge in [-0.25, -0.2) is 15.8 Å². The molecule has 7 heteroatoms. The zero-order valence-electron chi connectivity index (χ0n) is 14.6. The lowest BCUT2D eigenvalue weighted by Gasteiger charge is -2.16. The molecule has 0 saturated carbocycles. The van der Waals surface area contributed by atoms with Gasteiger partial charge in [0.1, 0.15) is 0 Å². The van der Waals surface area contributed by atoms with E-state index in [1.165, 1.54) is 6.92 Å². The molecule has 132 valence electrons. The Kier molecular flexibility index (Phi) is 5.16. The summed E-state index contributed by atoms with van der Waals surface area (Å²) < 4.78 is 5.09. The van der Waals surface area contributed by atoms with Crippen LogP contribution in [-0.2, 0) is 4.79 Å². The normalized spacial score (nSPS) is 19.5. The third kappa shape index (κ3) is 4.26. The van der Waals surface area contributed by atoms with Gasteiger partial charge in [-0.1, -0.05) is 6.07 Å². The van der Waals surface area contributed by atoms with E-state index in [0.29, 0.717) is 5.88 Å². The van der Waals surface area contributed by atoms with E-state index in [1.807, 2.05) is 43.5 Å². The largest absolute Gasteiger partial charge is 0.481 e. The van der Waals surface area contributed by atoms with Crippen LogP contribution in [0.15, 0.2) is 36.5 Å². The van der Waals surface area contributed by atoms with Gasteiger partial charge in [-0.2, -0.15) is 0 Å². The first-order valence-corrected chi connectivity index (χ1v) is 8.21. The van der Waals surface area contributed by atoms with Crippen LogP contribution in [0.25, 0.3) is 0 Å². The summed E-state index contributed by atoms with van der Waals surface area (Å²) in [6.45, 7) is 3.52. The Morgan fingerprint density at radius 3 is 2.76 bits per heavy atom. The van der Waals surface area contributed by atoms with Gasteiger partial charge in [0.2, 0.25) is 11.8 Å². The molecule has 0 spiro atoms. The monoisotopic (exact) mass is 341 g/mol. The number of benzene rings is 1. The number of carbonyl (C=O) groups excluding carboxylic acids is 1. The summed E-state index contributed by atoms with van der Waals surface area (Å²) in [6, 6.07) is 9.88. The van der Waals surface area contributed by atoms with E-state index in [1.54, 1.807) is 7.11 Å². The Balaban J connectivity index is 1.61. The Morgan fingerprint density at radius 1 is 1.28 bits per heavy atom. The minimum Gasteiger partial charge on any atom is -0.481 e. The maximum absolute atomic E-state index is 11.1. The first-order valence-electron chi connectivity index (χ1n) is 8.21. The van der Waals surface area contributed by atoms with E-state index < -0.39 is 0 Å². The van der Waals surface area contributed by atoms with Crippen LogP contribution in [0.5, 0.6) is 5.88 Å². The highest BCUT2D eigenvalue weighted by atomic mass is 16.5. The van der Waals surface area contributed by atoms with Crippen LogP contribution in [0.3, 0.4) is 0 Å². The fraction of sp³-hybridized carbons (Fsp3) is 0.333. The minimum absolute atomic E-state index is 0.0716. The number of nitrogens with zero attached hydrogens (tertiary/aromatic N) is 1. The number of anilines is 2. The maximum atomic E-state index is 11.1. The molecule has 0 bridgehead atoms. The van der Waals surface area contributed by atoms with Crippen LogP contribution in [0, 0.1) is 6.92 Å². The average molecular weight is 341 g/mol. The van der Waals surface area contributed by atoms with Crippen molar-refractivity contribution < 1.29 is 9.53 Å². The number of hydrazine groups is 1. The molecule has 1 amide bonds. The minimum atomic E-state index is -0.0716. The van der Waals surface area contributed by atoms with Gasteiger partial charge >= 0.3 is 0 Å². The SMILES string of the molecule is COc1ccc(C2CC(Nc3ccc(NC(C)=O)cc3C)NN2)cn1. The summed E-state index contributed by atoms with van der Waals surface area (Å²) in [6.07, 6.45) is 2.80. The van der Waals surface area contributed by atoms with Gasteiger partial charge in [-0.15, -0.1) is 0 Å². The second-order valence-corrected chi connectivity index (χ2v) is 6.12. The van der Waals surface area contributed by atoms with Gasteiger partial charge in [0.15, 0.2) is 0 Å². The highest BCUT2D eigenvalue weighted by Crippen LogP contribution is 2.26. The lowest BCUT2D eigenvalue weighted by atomic mass is 10.1. The average Bonchev–Trinajstić information content (AvgIpc) is 3.05. The van der Waals surface area contributed by atoms with Crippen molar-refractivity contribution in [3.05, 3.63) is 47.7 Å².